The molecular weight excluding hydrogens is 246 g/mol. The highest BCUT2D eigenvalue weighted by atomic mass is 16.5. The molecule has 0 saturated heterocycles. The van der Waals surface area contributed by atoms with Crippen molar-refractivity contribution < 1.29 is 4.74 Å². The molecule has 2 heteroatoms. The van der Waals surface area contributed by atoms with Crippen molar-refractivity contribution in [2.75, 3.05) is 0 Å². The monoisotopic (exact) mass is 273 g/mol. The smallest absolute Gasteiger partial charge is 0.122 e. The molecule has 3 rings (SSSR count). The molecule has 0 radical (unpaired) electrons. The lowest BCUT2D eigenvalue weighted by Gasteiger charge is -2.54. The standard InChI is InChI=1S/C18H27NO/c1-13-7-8-14(2)15(11-13)20-17-12-16(19)18(17)9-5-3-4-6-10-18/h7-8,11,16-17H,3-6,9-10,12,19H2,1-2H3. The van der Waals surface area contributed by atoms with Gasteiger partial charge in [-0.05, 0) is 43.9 Å². The highest BCUT2D eigenvalue weighted by Crippen LogP contribution is 2.51. The second-order valence-electron chi connectivity index (χ2n) is 6.87. The summed E-state index contributed by atoms with van der Waals surface area (Å²) in [6.07, 6.45) is 9.23. The van der Waals surface area contributed by atoms with Gasteiger partial charge in [-0.2, -0.15) is 0 Å². The molecule has 1 aromatic rings. The Hall–Kier alpha value is -1.02. The van der Waals surface area contributed by atoms with Crippen molar-refractivity contribution in [3.63, 3.8) is 0 Å². The van der Waals surface area contributed by atoms with Gasteiger partial charge >= 0.3 is 0 Å². The average Bonchev–Trinajstić information content (AvgIpc) is 2.70. The van der Waals surface area contributed by atoms with Gasteiger partial charge in [-0.1, -0.05) is 37.8 Å². The van der Waals surface area contributed by atoms with Crippen LogP contribution in [-0.2, 0) is 0 Å². The van der Waals surface area contributed by atoms with Crippen LogP contribution in [-0.4, -0.2) is 12.1 Å². The molecule has 0 aromatic heterocycles. The van der Waals surface area contributed by atoms with Crippen molar-refractivity contribution in [2.45, 2.75) is 70.9 Å². The predicted octanol–water partition coefficient (Wildman–Crippen LogP) is 4.12. The Labute approximate surface area is 122 Å². The molecule has 2 nitrogen and oxygen atoms in total. The minimum absolute atomic E-state index is 0.257. The number of benzene rings is 1. The van der Waals surface area contributed by atoms with Crippen molar-refractivity contribution in [3.8, 4) is 5.75 Å². The summed E-state index contributed by atoms with van der Waals surface area (Å²) in [5, 5.41) is 0. The second kappa shape index (κ2) is 5.40. The van der Waals surface area contributed by atoms with Crippen LogP contribution in [0.15, 0.2) is 18.2 Å². The van der Waals surface area contributed by atoms with Gasteiger partial charge in [-0.3, -0.25) is 0 Å². The lowest BCUT2D eigenvalue weighted by Crippen LogP contribution is -2.63. The van der Waals surface area contributed by atoms with Crippen LogP contribution in [0.5, 0.6) is 5.75 Å². The van der Waals surface area contributed by atoms with Gasteiger partial charge in [0.2, 0.25) is 0 Å². The number of hydrogen-bond acceptors (Lipinski definition) is 2. The Bertz CT molecular complexity index is 474. The molecule has 0 aliphatic heterocycles. The highest BCUT2D eigenvalue weighted by molar-refractivity contribution is 5.36. The quantitative estimate of drug-likeness (QED) is 0.879. The van der Waals surface area contributed by atoms with Gasteiger partial charge in [0.1, 0.15) is 11.9 Å². The van der Waals surface area contributed by atoms with E-state index in [1.807, 2.05) is 0 Å². The van der Waals surface area contributed by atoms with Gasteiger partial charge < -0.3 is 10.5 Å². The first-order valence-electron chi connectivity index (χ1n) is 8.11. The number of nitrogens with two attached hydrogens (primary N) is 1. The molecule has 2 atom stereocenters. The summed E-state index contributed by atoms with van der Waals surface area (Å²) in [6, 6.07) is 6.82. The molecule has 2 aliphatic carbocycles. The maximum absolute atomic E-state index is 6.40. The van der Waals surface area contributed by atoms with Crippen LogP contribution < -0.4 is 10.5 Å². The van der Waals surface area contributed by atoms with E-state index in [1.165, 1.54) is 49.7 Å². The molecule has 1 spiro atoms. The van der Waals surface area contributed by atoms with E-state index in [9.17, 15) is 0 Å². The van der Waals surface area contributed by atoms with E-state index in [0.717, 1.165) is 12.2 Å². The van der Waals surface area contributed by atoms with Crippen LogP contribution in [0.2, 0.25) is 0 Å². The fourth-order valence-corrected chi connectivity index (χ4v) is 4.01. The third-order valence-electron chi connectivity index (χ3n) is 5.50. The zero-order valence-corrected chi connectivity index (χ0v) is 12.8. The SMILES string of the molecule is Cc1ccc(C)c(OC2CC(N)C23CCCCCC3)c1. The molecule has 2 unspecified atom stereocenters. The minimum atomic E-state index is 0.257. The maximum atomic E-state index is 6.40. The summed E-state index contributed by atoms with van der Waals surface area (Å²) in [7, 11) is 0. The topological polar surface area (TPSA) is 35.2 Å². The number of ether oxygens (including phenoxy) is 1. The predicted molar refractivity (Wildman–Crippen MR) is 83.1 cm³/mol. The van der Waals surface area contributed by atoms with Crippen molar-refractivity contribution in [1.82, 2.24) is 0 Å². The van der Waals surface area contributed by atoms with Crippen LogP contribution >= 0.6 is 0 Å². The highest BCUT2D eigenvalue weighted by Gasteiger charge is 2.54. The van der Waals surface area contributed by atoms with E-state index < -0.39 is 0 Å². The summed E-state index contributed by atoms with van der Waals surface area (Å²) >= 11 is 0. The number of rotatable bonds is 2. The van der Waals surface area contributed by atoms with Gasteiger partial charge in [0, 0.05) is 17.9 Å². The molecule has 2 fully saturated rings. The molecule has 0 bridgehead atoms. The van der Waals surface area contributed by atoms with Crippen molar-refractivity contribution in [1.29, 1.82) is 0 Å². The van der Waals surface area contributed by atoms with Gasteiger partial charge in [-0.25, -0.2) is 0 Å². The van der Waals surface area contributed by atoms with E-state index in [1.54, 1.807) is 0 Å². The zero-order valence-electron chi connectivity index (χ0n) is 12.8. The first-order valence-corrected chi connectivity index (χ1v) is 8.11. The Morgan fingerprint density at radius 3 is 2.45 bits per heavy atom. The van der Waals surface area contributed by atoms with Crippen LogP contribution in [0.4, 0.5) is 0 Å². The van der Waals surface area contributed by atoms with Crippen molar-refractivity contribution in [3.05, 3.63) is 29.3 Å². The van der Waals surface area contributed by atoms with Gasteiger partial charge in [0.05, 0.1) is 0 Å². The van der Waals surface area contributed by atoms with Crippen molar-refractivity contribution in [2.24, 2.45) is 11.1 Å². The first-order chi connectivity index (χ1) is 9.62. The summed E-state index contributed by atoms with van der Waals surface area (Å²) < 4.78 is 6.40. The van der Waals surface area contributed by atoms with Crippen molar-refractivity contribution >= 4 is 0 Å². The molecule has 2 aliphatic rings. The summed E-state index contributed by atoms with van der Waals surface area (Å²) in [6.45, 7) is 4.26. The van der Waals surface area contributed by atoms with E-state index in [2.05, 4.69) is 32.0 Å². The lowest BCUT2D eigenvalue weighted by atomic mass is 9.58. The first kappa shape index (κ1) is 13.9. The Morgan fingerprint density at radius 1 is 1.10 bits per heavy atom. The van der Waals surface area contributed by atoms with E-state index >= 15 is 0 Å². The Balaban J connectivity index is 1.78. The number of hydrogen-bond donors (Lipinski definition) is 1. The molecule has 20 heavy (non-hydrogen) atoms. The molecular formula is C18H27NO. The maximum Gasteiger partial charge on any atom is 0.122 e. The Kier molecular flexibility index (Phi) is 3.76. The summed E-state index contributed by atoms with van der Waals surface area (Å²) in [4.78, 5) is 0. The molecule has 0 amide bonds. The van der Waals surface area contributed by atoms with Crippen LogP contribution in [0, 0.1) is 19.3 Å². The normalized spacial score (nSPS) is 28.8. The average molecular weight is 273 g/mol. The van der Waals surface area contributed by atoms with Crippen LogP contribution in [0.3, 0.4) is 0 Å². The Morgan fingerprint density at radius 2 is 1.80 bits per heavy atom. The third-order valence-corrected chi connectivity index (χ3v) is 5.50. The van der Waals surface area contributed by atoms with Gasteiger partial charge in [-0.15, -0.1) is 0 Å². The third kappa shape index (κ3) is 2.35. The van der Waals surface area contributed by atoms with E-state index in [-0.39, 0.29) is 5.41 Å². The molecule has 110 valence electrons. The fourth-order valence-electron chi connectivity index (χ4n) is 4.01. The van der Waals surface area contributed by atoms with E-state index in [0.29, 0.717) is 12.1 Å². The second-order valence-corrected chi connectivity index (χ2v) is 6.87. The molecule has 0 heterocycles. The largest absolute Gasteiger partial charge is 0.489 e. The van der Waals surface area contributed by atoms with E-state index in [4.69, 9.17) is 10.5 Å². The van der Waals surface area contributed by atoms with Crippen LogP contribution in [0.25, 0.3) is 0 Å². The summed E-state index contributed by atoms with van der Waals surface area (Å²) in [5.41, 5.74) is 9.15. The fraction of sp³-hybridized carbons (Fsp3) is 0.667. The molecule has 2 N–H and O–H groups in total. The molecule has 1 aromatic carbocycles. The minimum Gasteiger partial charge on any atom is -0.489 e. The zero-order chi connectivity index (χ0) is 14.2. The van der Waals surface area contributed by atoms with Gasteiger partial charge in [0.15, 0.2) is 0 Å². The van der Waals surface area contributed by atoms with Gasteiger partial charge in [0.25, 0.3) is 0 Å². The number of aryl methyl sites for hydroxylation is 2. The summed E-state index contributed by atoms with van der Waals surface area (Å²) in [5.74, 6) is 1.06. The molecule has 2 saturated carbocycles. The van der Waals surface area contributed by atoms with Crippen LogP contribution in [0.1, 0.15) is 56.1 Å². The lowest BCUT2D eigenvalue weighted by molar-refractivity contribution is -0.0773.